The Morgan fingerprint density at radius 1 is 1.07 bits per heavy atom. The fourth-order valence-corrected chi connectivity index (χ4v) is 4.78. The van der Waals surface area contributed by atoms with E-state index >= 15 is 0 Å². The van der Waals surface area contributed by atoms with E-state index in [1.165, 1.54) is 23.2 Å². The molecule has 0 radical (unpaired) electrons. The summed E-state index contributed by atoms with van der Waals surface area (Å²) in [6.07, 6.45) is 0.744. The van der Waals surface area contributed by atoms with Crippen LogP contribution in [0.1, 0.15) is 45.1 Å². The Morgan fingerprint density at radius 2 is 1.69 bits per heavy atom. The van der Waals surface area contributed by atoms with Crippen LogP contribution in [0.3, 0.4) is 0 Å². The molecule has 0 aliphatic rings. The van der Waals surface area contributed by atoms with Crippen molar-refractivity contribution in [2.75, 3.05) is 6.26 Å². The second kappa shape index (κ2) is 8.47. The molecule has 0 aliphatic heterocycles. The van der Waals surface area contributed by atoms with Gasteiger partial charge < -0.3 is 4.74 Å². The first-order chi connectivity index (χ1) is 13.6. The number of benzene rings is 2. The summed E-state index contributed by atoms with van der Waals surface area (Å²) in [5.74, 6) is -0.506. The maximum Gasteiger partial charge on any atom is 0.338 e. The first-order valence-corrected chi connectivity index (χ1v) is 12.0. The van der Waals surface area contributed by atoms with E-state index in [1.54, 1.807) is 24.3 Å². The predicted molar refractivity (Wildman–Crippen MR) is 116 cm³/mol. The summed E-state index contributed by atoms with van der Waals surface area (Å²) in [6.45, 7) is 5.78. The van der Waals surface area contributed by atoms with Gasteiger partial charge in [0.2, 0.25) is 0 Å². The Labute approximate surface area is 175 Å². The lowest BCUT2D eigenvalue weighted by Gasteiger charge is -2.12. The third-order valence-corrected chi connectivity index (χ3v) is 6.63. The standard InChI is InChI=1S/C22H23NO4S2/c1-14-5-9-18(10-6-14)21-23-15(2)20(28-21)16(3)27-22(24)19-11-7-17(8-12-19)13-29(4,25)26/h5-12,16H,13H2,1-4H3. The summed E-state index contributed by atoms with van der Waals surface area (Å²) in [5, 5.41) is 0.894. The summed E-state index contributed by atoms with van der Waals surface area (Å²) < 4.78 is 28.4. The van der Waals surface area contributed by atoms with Crippen molar-refractivity contribution in [1.82, 2.24) is 4.98 Å². The highest BCUT2D eigenvalue weighted by Crippen LogP contribution is 2.33. The molecule has 0 amide bonds. The number of carbonyl (C=O) groups is 1. The van der Waals surface area contributed by atoms with Crippen LogP contribution >= 0.6 is 11.3 Å². The molecule has 0 bridgehead atoms. The number of aryl methyl sites for hydroxylation is 2. The number of hydrogen-bond donors (Lipinski definition) is 0. The van der Waals surface area contributed by atoms with Crippen molar-refractivity contribution in [1.29, 1.82) is 0 Å². The average Bonchev–Trinajstić information content (AvgIpc) is 3.03. The van der Waals surface area contributed by atoms with Gasteiger partial charge in [0.1, 0.15) is 11.1 Å². The van der Waals surface area contributed by atoms with E-state index in [2.05, 4.69) is 4.98 Å². The number of carbonyl (C=O) groups excluding carboxylic acids is 1. The van der Waals surface area contributed by atoms with Crippen LogP contribution in [0.2, 0.25) is 0 Å². The molecule has 0 saturated heterocycles. The largest absolute Gasteiger partial charge is 0.453 e. The molecule has 152 valence electrons. The summed E-state index contributed by atoms with van der Waals surface area (Å²) in [4.78, 5) is 18.0. The number of sulfone groups is 1. The van der Waals surface area contributed by atoms with Gasteiger partial charge in [-0.05, 0) is 38.5 Å². The predicted octanol–water partition coefficient (Wildman–Crippen LogP) is 4.89. The fraction of sp³-hybridized carbons (Fsp3) is 0.273. The molecular weight excluding hydrogens is 406 g/mol. The Bertz CT molecular complexity index is 1110. The molecule has 1 atom stereocenters. The SMILES string of the molecule is Cc1ccc(-c2nc(C)c(C(C)OC(=O)c3ccc(CS(C)(=O)=O)cc3)s2)cc1. The van der Waals surface area contributed by atoms with Crippen LogP contribution in [-0.4, -0.2) is 25.6 Å². The van der Waals surface area contributed by atoms with Crippen molar-refractivity contribution in [3.63, 3.8) is 0 Å². The van der Waals surface area contributed by atoms with Gasteiger partial charge >= 0.3 is 5.97 Å². The van der Waals surface area contributed by atoms with E-state index in [0.29, 0.717) is 11.1 Å². The second-order valence-electron chi connectivity index (χ2n) is 7.15. The van der Waals surface area contributed by atoms with Gasteiger partial charge in [0.05, 0.1) is 21.9 Å². The van der Waals surface area contributed by atoms with Crippen molar-refractivity contribution in [3.8, 4) is 10.6 Å². The van der Waals surface area contributed by atoms with E-state index in [0.717, 1.165) is 21.1 Å². The van der Waals surface area contributed by atoms with E-state index < -0.39 is 21.9 Å². The number of aromatic nitrogens is 1. The molecule has 2 aromatic carbocycles. The molecule has 1 heterocycles. The third-order valence-electron chi connectivity index (χ3n) is 4.40. The molecule has 0 spiro atoms. The molecule has 1 aromatic heterocycles. The van der Waals surface area contributed by atoms with Gasteiger partial charge in [0, 0.05) is 11.8 Å². The van der Waals surface area contributed by atoms with Crippen molar-refractivity contribution in [2.45, 2.75) is 32.6 Å². The lowest BCUT2D eigenvalue weighted by molar-refractivity contribution is 0.0343. The Balaban J connectivity index is 1.72. The molecule has 3 aromatic rings. The van der Waals surface area contributed by atoms with Crippen LogP contribution < -0.4 is 0 Å². The van der Waals surface area contributed by atoms with Gasteiger partial charge in [-0.25, -0.2) is 18.2 Å². The van der Waals surface area contributed by atoms with E-state index in [1.807, 2.05) is 45.0 Å². The minimum atomic E-state index is -3.11. The Morgan fingerprint density at radius 3 is 2.28 bits per heavy atom. The first kappa shape index (κ1) is 21.2. The summed E-state index contributed by atoms with van der Waals surface area (Å²) in [7, 11) is -3.11. The topological polar surface area (TPSA) is 73.3 Å². The van der Waals surface area contributed by atoms with Crippen LogP contribution in [0.4, 0.5) is 0 Å². The second-order valence-corrected chi connectivity index (χ2v) is 10.3. The van der Waals surface area contributed by atoms with E-state index in [9.17, 15) is 13.2 Å². The molecule has 0 saturated carbocycles. The van der Waals surface area contributed by atoms with Gasteiger partial charge in [0.15, 0.2) is 9.84 Å². The molecule has 1 unspecified atom stereocenters. The highest BCUT2D eigenvalue weighted by atomic mass is 32.2. The number of esters is 1. The summed E-state index contributed by atoms with van der Waals surface area (Å²) in [5.41, 5.74) is 4.09. The zero-order valence-electron chi connectivity index (χ0n) is 16.8. The van der Waals surface area contributed by atoms with Gasteiger partial charge in [-0.2, -0.15) is 0 Å². The third kappa shape index (κ3) is 5.52. The lowest BCUT2D eigenvalue weighted by Crippen LogP contribution is -2.09. The zero-order chi connectivity index (χ0) is 21.2. The summed E-state index contributed by atoms with van der Waals surface area (Å²) in [6, 6.07) is 14.6. The van der Waals surface area contributed by atoms with E-state index in [4.69, 9.17) is 4.74 Å². The normalized spacial score (nSPS) is 12.6. The van der Waals surface area contributed by atoms with Gasteiger partial charge in [-0.1, -0.05) is 42.0 Å². The van der Waals surface area contributed by atoms with Gasteiger partial charge in [-0.3, -0.25) is 0 Å². The highest BCUT2D eigenvalue weighted by molar-refractivity contribution is 7.89. The summed E-state index contributed by atoms with van der Waals surface area (Å²) >= 11 is 1.52. The number of thiazole rings is 1. The monoisotopic (exact) mass is 429 g/mol. The van der Waals surface area contributed by atoms with Gasteiger partial charge in [-0.15, -0.1) is 11.3 Å². The molecule has 7 heteroatoms. The van der Waals surface area contributed by atoms with Crippen LogP contribution in [0.25, 0.3) is 10.6 Å². The smallest absolute Gasteiger partial charge is 0.338 e. The van der Waals surface area contributed by atoms with Crippen molar-refractivity contribution in [3.05, 3.63) is 75.8 Å². The lowest BCUT2D eigenvalue weighted by atomic mass is 10.1. The maximum absolute atomic E-state index is 12.5. The highest BCUT2D eigenvalue weighted by Gasteiger charge is 2.20. The minimum Gasteiger partial charge on any atom is -0.453 e. The molecular formula is C22H23NO4S2. The average molecular weight is 430 g/mol. The number of nitrogens with zero attached hydrogens (tertiary/aromatic N) is 1. The molecule has 29 heavy (non-hydrogen) atoms. The molecule has 0 fully saturated rings. The number of ether oxygens (including phenoxy) is 1. The fourth-order valence-electron chi connectivity index (χ4n) is 2.93. The first-order valence-electron chi connectivity index (χ1n) is 9.14. The van der Waals surface area contributed by atoms with Crippen LogP contribution in [0.5, 0.6) is 0 Å². The Hall–Kier alpha value is -2.51. The zero-order valence-corrected chi connectivity index (χ0v) is 18.4. The van der Waals surface area contributed by atoms with Crippen molar-refractivity contribution < 1.29 is 17.9 Å². The van der Waals surface area contributed by atoms with Crippen LogP contribution in [-0.2, 0) is 20.3 Å². The molecule has 3 rings (SSSR count). The Kier molecular flexibility index (Phi) is 6.19. The van der Waals surface area contributed by atoms with Crippen LogP contribution in [0, 0.1) is 13.8 Å². The van der Waals surface area contributed by atoms with E-state index in [-0.39, 0.29) is 5.75 Å². The quantitative estimate of drug-likeness (QED) is 0.522. The van der Waals surface area contributed by atoms with Crippen molar-refractivity contribution >= 4 is 27.1 Å². The van der Waals surface area contributed by atoms with Gasteiger partial charge in [0.25, 0.3) is 0 Å². The maximum atomic E-state index is 12.5. The molecule has 5 nitrogen and oxygen atoms in total. The number of rotatable bonds is 6. The minimum absolute atomic E-state index is 0.0550. The van der Waals surface area contributed by atoms with Crippen LogP contribution in [0.15, 0.2) is 48.5 Å². The van der Waals surface area contributed by atoms with Crippen molar-refractivity contribution in [2.24, 2.45) is 0 Å². The molecule has 0 aliphatic carbocycles. The number of hydrogen-bond acceptors (Lipinski definition) is 6. The molecule has 0 N–H and O–H groups in total.